The van der Waals surface area contributed by atoms with Crippen LogP contribution in [0.5, 0.6) is 0 Å². The highest BCUT2D eigenvalue weighted by Gasteiger charge is 2.05. The molecule has 2 rings (SSSR count). The maximum atomic E-state index is 7.86. The van der Waals surface area contributed by atoms with Crippen molar-refractivity contribution in [2.75, 3.05) is 7.05 Å². The van der Waals surface area contributed by atoms with Gasteiger partial charge in [-0.25, -0.2) is 0 Å². The standard InChI is InChI=1S/C11H14N4/c1-7-6-10-9(14-7)4-5-11(12)15(10)8(2)13-3/h4-6,12,14H,1-3H3. The van der Waals surface area contributed by atoms with E-state index in [4.69, 9.17) is 5.41 Å². The first-order valence-electron chi connectivity index (χ1n) is 4.83. The van der Waals surface area contributed by atoms with E-state index in [1.165, 1.54) is 0 Å². The normalized spacial score (nSPS) is 12.3. The summed E-state index contributed by atoms with van der Waals surface area (Å²) >= 11 is 0. The van der Waals surface area contributed by atoms with Gasteiger partial charge in [0, 0.05) is 12.7 Å². The number of aliphatic imine (C=N–C) groups is 1. The van der Waals surface area contributed by atoms with Crippen molar-refractivity contribution in [3.8, 4) is 0 Å². The average molecular weight is 202 g/mol. The summed E-state index contributed by atoms with van der Waals surface area (Å²) in [6.45, 7) is 3.91. The molecule has 0 saturated heterocycles. The number of fused-ring (bicyclic) bond motifs is 1. The highest BCUT2D eigenvalue weighted by molar-refractivity contribution is 5.91. The molecular formula is C11H14N4. The minimum Gasteiger partial charge on any atom is -0.357 e. The molecule has 0 fully saturated rings. The third-order valence-corrected chi connectivity index (χ3v) is 2.50. The van der Waals surface area contributed by atoms with Crippen LogP contribution < -0.4 is 5.49 Å². The molecule has 0 amide bonds. The van der Waals surface area contributed by atoms with Crippen LogP contribution in [0, 0.1) is 12.3 Å². The molecule has 15 heavy (non-hydrogen) atoms. The summed E-state index contributed by atoms with van der Waals surface area (Å²) in [4.78, 5) is 7.37. The van der Waals surface area contributed by atoms with Crippen molar-refractivity contribution in [1.82, 2.24) is 9.55 Å². The fraction of sp³-hybridized carbons (Fsp3) is 0.273. The van der Waals surface area contributed by atoms with E-state index in [9.17, 15) is 0 Å². The third-order valence-electron chi connectivity index (χ3n) is 2.50. The van der Waals surface area contributed by atoms with Crippen LogP contribution in [0.3, 0.4) is 0 Å². The van der Waals surface area contributed by atoms with E-state index >= 15 is 0 Å². The molecular weight excluding hydrogens is 188 g/mol. The zero-order valence-corrected chi connectivity index (χ0v) is 9.13. The Labute approximate surface area is 87.8 Å². The number of nitrogens with zero attached hydrogens (tertiary/aromatic N) is 2. The van der Waals surface area contributed by atoms with Crippen LogP contribution >= 0.6 is 0 Å². The zero-order valence-electron chi connectivity index (χ0n) is 9.13. The smallest absolute Gasteiger partial charge is 0.130 e. The number of H-pyrrole nitrogens is 1. The van der Waals surface area contributed by atoms with Crippen molar-refractivity contribution in [1.29, 1.82) is 5.41 Å². The summed E-state index contributed by atoms with van der Waals surface area (Å²) in [5, 5.41) is 7.86. The van der Waals surface area contributed by atoms with Crippen molar-refractivity contribution >= 4 is 16.9 Å². The van der Waals surface area contributed by atoms with Crippen LogP contribution in [-0.2, 0) is 0 Å². The molecule has 0 unspecified atom stereocenters. The lowest BCUT2D eigenvalue weighted by Crippen LogP contribution is -2.24. The van der Waals surface area contributed by atoms with Gasteiger partial charge in [-0.15, -0.1) is 0 Å². The second-order valence-electron chi connectivity index (χ2n) is 3.58. The Morgan fingerprint density at radius 3 is 2.87 bits per heavy atom. The molecule has 0 aliphatic heterocycles. The summed E-state index contributed by atoms with van der Waals surface area (Å²) in [7, 11) is 1.74. The summed E-state index contributed by atoms with van der Waals surface area (Å²) < 4.78 is 1.83. The molecule has 0 aliphatic carbocycles. The fourth-order valence-corrected chi connectivity index (χ4v) is 1.72. The van der Waals surface area contributed by atoms with Crippen molar-refractivity contribution in [2.45, 2.75) is 13.8 Å². The van der Waals surface area contributed by atoms with Gasteiger partial charge in [-0.3, -0.25) is 15.0 Å². The van der Waals surface area contributed by atoms with Crippen LogP contribution in [0.1, 0.15) is 12.6 Å². The SMILES string of the molecule is CN=C(C)n1c(=N)ccc2[nH]c(C)cc21. The Morgan fingerprint density at radius 2 is 2.20 bits per heavy atom. The van der Waals surface area contributed by atoms with E-state index in [2.05, 4.69) is 9.98 Å². The van der Waals surface area contributed by atoms with Crippen LogP contribution in [-0.4, -0.2) is 22.4 Å². The lowest BCUT2D eigenvalue weighted by Gasteiger charge is -2.06. The number of hydrogen-bond donors (Lipinski definition) is 2. The predicted octanol–water partition coefficient (Wildman–Crippen LogP) is 1.65. The maximum absolute atomic E-state index is 7.86. The molecule has 0 bridgehead atoms. The molecule has 2 aromatic heterocycles. The first-order valence-corrected chi connectivity index (χ1v) is 4.83. The molecule has 0 aliphatic rings. The van der Waals surface area contributed by atoms with Gasteiger partial charge in [-0.2, -0.15) is 0 Å². The topological polar surface area (TPSA) is 56.9 Å². The predicted molar refractivity (Wildman–Crippen MR) is 61.3 cm³/mol. The number of rotatable bonds is 0. The second-order valence-corrected chi connectivity index (χ2v) is 3.58. The molecule has 0 atom stereocenters. The van der Waals surface area contributed by atoms with Gasteiger partial charge >= 0.3 is 0 Å². The third kappa shape index (κ3) is 1.48. The fourth-order valence-electron chi connectivity index (χ4n) is 1.72. The molecule has 78 valence electrons. The number of nitrogens with one attached hydrogen (secondary N) is 2. The zero-order chi connectivity index (χ0) is 11.0. The Morgan fingerprint density at radius 1 is 1.47 bits per heavy atom. The van der Waals surface area contributed by atoms with Crippen LogP contribution in [0.15, 0.2) is 23.2 Å². The van der Waals surface area contributed by atoms with E-state index in [1.54, 1.807) is 13.1 Å². The average Bonchev–Trinajstić information content (AvgIpc) is 2.57. The van der Waals surface area contributed by atoms with Crippen molar-refractivity contribution in [2.24, 2.45) is 4.99 Å². The Hall–Kier alpha value is -1.84. The lowest BCUT2D eigenvalue weighted by molar-refractivity contribution is 1.00. The molecule has 4 nitrogen and oxygen atoms in total. The molecule has 4 heteroatoms. The largest absolute Gasteiger partial charge is 0.357 e. The van der Waals surface area contributed by atoms with Gasteiger partial charge in [-0.05, 0) is 32.0 Å². The van der Waals surface area contributed by atoms with Crippen LogP contribution in [0.25, 0.3) is 11.0 Å². The molecule has 0 saturated carbocycles. The highest BCUT2D eigenvalue weighted by atomic mass is 15.1. The molecule has 0 aromatic carbocycles. The van der Waals surface area contributed by atoms with Crippen molar-refractivity contribution in [3.05, 3.63) is 29.4 Å². The van der Waals surface area contributed by atoms with Gasteiger partial charge in [0.15, 0.2) is 0 Å². The first-order chi connectivity index (χ1) is 7.13. The van der Waals surface area contributed by atoms with Gasteiger partial charge < -0.3 is 4.98 Å². The van der Waals surface area contributed by atoms with E-state index in [-0.39, 0.29) is 0 Å². The number of aryl methyl sites for hydroxylation is 1. The Kier molecular flexibility index (Phi) is 2.19. The molecule has 2 aromatic rings. The van der Waals surface area contributed by atoms with Gasteiger partial charge in [0.1, 0.15) is 11.3 Å². The highest BCUT2D eigenvalue weighted by Crippen LogP contribution is 2.12. The molecule has 2 N–H and O–H groups in total. The van der Waals surface area contributed by atoms with Gasteiger partial charge in [0.05, 0.1) is 11.0 Å². The van der Waals surface area contributed by atoms with Gasteiger partial charge in [0.2, 0.25) is 0 Å². The minimum atomic E-state index is 0.449. The summed E-state index contributed by atoms with van der Waals surface area (Å²) in [5.41, 5.74) is 3.58. The summed E-state index contributed by atoms with van der Waals surface area (Å²) in [5.74, 6) is 0.824. The quantitative estimate of drug-likeness (QED) is 0.482. The summed E-state index contributed by atoms with van der Waals surface area (Å²) in [6.07, 6.45) is 0. The monoisotopic (exact) mass is 202 g/mol. The summed E-state index contributed by atoms with van der Waals surface area (Å²) in [6, 6.07) is 5.72. The minimum absolute atomic E-state index is 0.449. The maximum Gasteiger partial charge on any atom is 0.130 e. The van der Waals surface area contributed by atoms with Gasteiger partial charge in [0.25, 0.3) is 0 Å². The van der Waals surface area contributed by atoms with E-state index < -0.39 is 0 Å². The van der Waals surface area contributed by atoms with E-state index in [1.807, 2.05) is 30.5 Å². The Bertz CT molecular complexity index is 586. The Balaban J connectivity index is 2.91. The lowest BCUT2D eigenvalue weighted by atomic mass is 10.3. The number of hydrogen-bond acceptors (Lipinski definition) is 2. The van der Waals surface area contributed by atoms with Crippen LogP contribution in [0.2, 0.25) is 0 Å². The van der Waals surface area contributed by atoms with Gasteiger partial charge in [-0.1, -0.05) is 0 Å². The van der Waals surface area contributed by atoms with Crippen LogP contribution in [0.4, 0.5) is 0 Å². The molecule has 0 radical (unpaired) electrons. The van der Waals surface area contributed by atoms with Crippen molar-refractivity contribution < 1.29 is 0 Å². The number of aromatic nitrogens is 2. The first kappa shape index (κ1) is 9.71. The van der Waals surface area contributed by atoms with Crippen molar-refractivity contribution in [3.63, 3.8) is 0 Å². The van der Waals surface area contributed by atoms with E-state index in [0.717, 1.165) is 22.6 Å². The molecule has 2 heterocycles. The molecule has 0 spiro atoms. The number of pyridine rings is 1. The second kappa shape index (κ2) is 3.38. The number of aromatic amines is 1. The van der Waals surface area contributed by atoms with E-state index in [0.29, 0.717) is 5.49 Å².